The topological polar surface area (TPSA) is 55.8 Å². The van der Waals surface area contributed by atoms with Gasteiger partial charge in [0.2, 0.25) is 0 Å². The number of methoxy groups -OCH3 is 1. The van der Waals surface area contributed by atoms with Gasteiger partial charge in [-0.25, -0.2) is 4.79 Å². The fourth-order valence-electron chi connectivity index (χ4n) is 3.12. The monoisotopic (exact) mass is 453 g/mol. The van der Waals surface area contributed by atoms with Crippen LogP contribution in [0.15, 0.2) is 42.5 Å². The maximum absolute atomic E-state index is 13.5. The molecular formula is C21H21Cl2NO4S. The number of esters is 1. The van der Waals surface area contributed by atoms with E-state index in [9.17, 15) is 9.59 Å². The summed E-state index contributed by atoms with van der Waals surface area (Å²) in [5, 5.41) is 0.424. The summed E-state index contributed by atoms with van der Waals surface area (Å²) in [6, 6.07) is 11.5. The molecule has 8 heteroatoms. The molecule has 1 saturated heterocycles. The normalized spacial score (nSPS) is 18.6. The Hall–Kier alpha value is -1.89. The predicted octanol–water partition coefficient (Wildman–Crippen LogP) is 5.21. The lowest BCUT2D eigenvalue weighted by atomic mass is 10.1. The minimum Gasteiger partial charge on any atom is -0.496 e. The summed E-state index contributed by atoms with van der Waals surface area (Å²) in [7, 11) is 1.51. The van der Waals surface area contributed by atoms with Gasteiger partial charge in [-0.2, -0.15) is 0 Å². The van der Waals surface area contributed by atoms with E-state index in [1.165, 1.54) is 18.9 Å². The van der Waals surface area contributed by atoms with Crippen molar-refractivity contribution in [1.29, 1.82) is 0 Å². The molecule has 1 aliphatic rings. The van der Waals surface area contributed by atoms with E-state index in [0.29, 0.717) is 40.1 Å². The van der Waals surface area contributed by atoms with Crippen molar-refractivity contribution in [2.24, 2.45) is 0 Å². The van der Waals surface area contributed by atoms with Gasteiger partial charge in [-0.3, -0.25) is 4.79 Å². The lowest BCUT2D eigenvalue weighted by Gasteiger charge is -2.29. The van der Waals surface area contributed by atoms with Gasteiger partial charge in [0.25, 0.3) is 5.91 Å². The van der Waals surface area contributed by atoms with Crippen LogP contribution in [0.5, 0.6) is 5.75 Å². The third kappa shape index (κ3) is 4.65. The minimum atomic E-state index is -0.705. The van der Waals surface area contributed by atoms with Crippen LogP contribution in [0.2, 0.25) is 10.0 Å². The van der Waals surface area contributed by atoms with Crippen molar-refractivity contribution >= 4 is 46.8 Å². The number of para-hydroxylation sites is 1. The highest BCUT2D eigenvalue weighted by atomic mass is 35.5. The lowest BCUT2D eigenvalue weighted by Crippen LogP contribution is -2.44. The van der Waals surface area contributed by atoms with Gasteiger partial charge in [-0.15, -0.1) is 11.8 Å². The summed E-state index contributed by atoms with van der Waals surface area (Å²) >= 11 is 13.7. The Morgan fingerprint density at radius 1 is 1.17 bits per heavy atom. The third-order valence-electron chi connectivity index (χ3n) is 4.52. The molecule has 0 saturated carbocycles. The van der Waals surface area contributed by atoms with E-state index >= 15 is 0 Å². The number of thioether (sulfide) groups is 1. The average molecular weight is 454 g/mol. The highest BCUT2D eigenvalue weighted by molar-refractivity contribution is 7.99. The van der Waals surface area contributed by atoms with Crippen LogP contribution in [-0.4, -0.2) is 42.3 Å². The number of hydrogen-bond acceptors (Lipinski definition) is 5. The first kappa shape index (κ1) is 21.8. The van der Waals surface area contributed by atoms with Crippen LogP contribution in [0.3, 0.4) is 0 Å². The van der Waals surface area contributed by atoms with Gasteiger partial charge in [0.05, 0.1) is 29.3 Å². The Kier molecular flexibility index (Phi) is 7.33. The number of benzene rings is 2. The highest BCUT2D eigenvalue weighted by Crippen LogP contribution is 2.44. The molecule has 1 heterocycles. The fourth-order valence-corrected chi connectivity index (χ4v) is 4.83. The maximum Gasteiger partial charge on any atom is 0.329 e. The zero-order valence-electron chi connectivity index (χ0n) is 16.1. The van der Waals surface area contributed by atoms with Gasteiger partial charge in [0, 0.05) is 5.75 Å². The number of hydrogen-bond donors (Lipinski definition) is 0. The second kappa shape index (κ2) is 9.74. The molecule has 0 spiro atoms. The molecule has 1 aliphatic heterocycles. The minimum absolute atomic E-state index is 0.304. The highest BCUT2D eigenvalue weighted by Gasteiger charge is 2.44. The van der Waals surface area contributed by atoms with Crippen LogP contribution in [0.4, 0.5) is 0 Å². The molecule has 29 heavy (non-hydrogen) atoms. The van der Waals surface area contributed by atoms with Crippen molar-refractivity contribution in [1.82, 2.24) is 4.90 Å². The van der Waals surface area contributed by atoms with E-state index in [1.807, 2.05) is 13.0 Å². The molecule has 2 unspecified atom stereocenters. The van der Waals surface area contributed by atoms with E-state index in [0.717, 1.165) is 5.56 Å². The third-order valence-corrected chi connectivity index (χ3v) is 6.58. The van der Waals surface area contributed by atoms with Crippen LogP contribution in [-0.2, 0) is 9.53 Å². The number of nitrogens with zero attached hydrogens (tertiary/aromatic N) is 1. The summed E-state index contributed by atoms with van der Waals surface area (Å²) in [6.07, 6.45) is 0.711. The average Bonchev–Trinajstić information content (AvgIpc) is 3.18. The molecule has 0 aromatic heterocycles. The van der Waals surface area contributed by atoms with Crippen molar-refractivity contribution in [2.45, 2.75) is 24.8 Å². The number of carbonyl (C=O) groups is 2. The van der Waals surface area contributed by atoms with E-state index in [4.69, 9.17) is 32.7 Å². The van der Waals surface area contributed by atoms with Crippen molar-refractivity contribution < 1.29 is 19.1 Å². The molecule has 1 amide bonds. The van der Waals surface area contributed by atoms with Crippen molar-refractivity contribution in [3.05, 3.63) is 63.6 Å². The molecule has 3 rings (SSSR count). The number of rotatable bonds is 6. The summed E-state index contributed by atoms with van der Waals surface area (Å²) in [5.41, 5.74) is 1.18. The lowest BCUT2D eigenvalue weighted by molar-refractivity contribution is -0.148. The number of carbonyl (C=O) groups excluding carboxylic acids is 2. The van der Waals surface area contributed by atoms with Gasteiger partial charge in [-0.1, -0.05) is 48.3 Å². The second-order valence-electron chi connectivity index (χ2n) is 6.46. The molecule has 1 fully saturated rings. The maximum atomic E-state index is 13.5. The zero-order chi connectivity index (χ0) is 21.0. The van der Waals surface area contributed by atoms with E-state index in [2.05, 4.69) is 0 Å². The Balaban J connectivity index is 2.00. The number of ether oxygens (including phenoxy) is 2. The van der Waals surface area contributed by atoms with Crippen molar-refractivity contribution in [3.8, 4) is 5.75 Å². The van der Waals surface area contributed by atoms with Crippen LogP contribution in [0.1, 0.15) is 34.6 Å². The molecule has 0 N–H and O–H groups in total. The molecule has 5 nitrogen and oxygen atoms in total. The standard InChI is InChI=1S/C21H21Cl2NO4S/c1-3-10-28-21(26)17-12-29-20(13-8-9-15(22)16(23)11-13)24(17)19(25)14-6-4-5-7-18(14)27-2/h4-9,11,17,20H,3,10,12H2,1-2H3. The molecule has 2 atom stereocenters. The summed E-state index contributed by atoms with van der Waals surface area (Å²) < 4.78 is 10.7. The van der Waals surface area contributed by atoms with Crippen LogP contribution < -0.4 is 4.74 Å². The molecule has 0 aliphatic carbocycles. The van der Waals surface area contributed by atoms with Gasteiger partial charge in [0.1, 0.15) is 17.2 Å². The van der Waals surface area contributed by atoms with Gasteiger partial charge in [0.15, 0.2) is 0 Å². The van der Waals surface area contributed by atoms with E-state index in [1.54, 1.807) is 41.3 Å². The van der Waals surface area contributed by atoms with Crippen LogP contribution >= 0.6 is 35.0 Å². The quantitative estimate of drug-likeness (QED) is 0.561. The Morgan fingerprint density at radius 2 is 1.93 bits per heavy atom. The molecule has 0 radical (unpaired) electrons. The van der Waals surface area contributed by atoms with Gasteiger partial charge in [-0.05, 0) is 36.2 Å². The molecule has 154 valence electrons. The first-order valence-electron chi connectivity index (χ1n) is 9.16. The number of amides is 1. The largest absolute Gasteiger partial charge is 0.496 e. The van der Waals surface area contributed by atoms with Crippen LogP contribution in [0.25, 0.3) is 0 Å². The van der Waals surface area contributed by atoms with Gasteiger partial charge >= 0.3 is 5.97 Å². The first-order valence-corrected chi connectivity index (χ1v) is 11.0. The summed E-state index contributed by atoms with van der Waals surface area (Å²) in [5.74, 6) is 0.157. The Morgan fingerprint density at radius 3 is 2.62 bits per heavy atom. The van der Waals surface area contributed by atoms with Crippen molar-refractivity contribution in [2.75, 3.05) is 19.5 Å². The van der Waals surface area contributed by atoms with Gasteiger partial charge < -0.3 is 14.4 Å². The SMILES string of the molecule is CCCOC(=O)C1CSC(c2ccc(Cl)c(Cl)c2)N1C(=O)c1ccccc1OC. The molecule has 0 bridgehead atoms. The van der Waals surface area contributed by atoms with Crippen molar-refractivity contribution in [3.63, 3.8) is 0 Å². The Labute approximate surface area is 184 Å². The summed E-state index contributed by atoms with van der Waals surface area (Å²) in [6.45, 7) is 2.24. The van der Waals surface area contributed by atoms with E-state index < -0.39 is 17.4 Å². The first-order chi connectivity index (χ1) is 14.0. The second-order valence-corrected chi connectivity index (χ2v) is 8.38. The predicted molar refractivity (Wildman–Crippen MR) is 116 cm³/mol. The summed E-state index contributed by atoms with van der Waals surface area (Å²) in [4.78, 5) is 27.8. The molecule has 2 aromatic rings. The number of halogens is 2. The fraction of sp³-hybridized carbons (Fsp3) is 0.333. The molecular weight excluding hydrogens is 433 g/mol. The smallest absolute Gasteiger partial charge is 0.329 e. The Bertz CT molecular complexity index is 908. The molecule has 2 aromatic carbocycles. The van der Waals surface area contributed by atoms with E-state index in [-0.39, 0.29) is 5.91 Å². The van der Waals surface area contributed by atoms with Crippen LogP contribution in [0, 0.1) is 0 Å². The zero-order valence-corrected chi connectivity index (χ0v) is 18.4.